The van der Waals surface area contributed by atoms with Crippen molar-refractivity contribution in [2.24, 2.45) is 5.73 Å². The van der Waals surface area contributed by atoms with Crippen molar-refractivity contribution in [1.82, 2.24) is 15.2 Å². The number of amides is 1. The van der Waals surface area contributed by atoms with E-state index in [1.54, 1.807) is 11.8 Å². The zero-order chi connectivity index (χ0) is 16.2. The molecule has 0 spiro atoms. The van der Waals surface area contributed by atoms with E-state index in [1.807, 2.05) is 24.3 Å². The van der Waals surface area contributed by atoms with Crippen molar-refractivity contribution in [3.05, 3.63) is 30.1 Å². The lowest BCUT2D eigenvalue weighted by Gasteiger charge is -2.17. The molecule has 6 nitrogen and oxygen atoms in total. The van der Waals surface area contributed by atoms with Crippen molar-refractivity contribution in [3.8, 4) is 11.4 Å². The monoisotopic (exact) mass is 319 g/mol. The lowest BCUT2D eigenvalue weighted by atomic mass is 10.2. The molecule has 0 aliphatic heterocycles. The summed E-state index contributed by atoms with van der Waals surface area (Å²) in [7, 11) is 0. The summed E-state index contributed by atoms with van der Waals surface area (Å²) in [6.07, 6.45) is 0. The molecule has 0 radical (unpaired) electrons. The van der Waals surface area contributed by atoms with Crippen LogP contribution in [0.25, 0.3) is 11.4 Å². The molecule has 7 heteroatoms. The number of anilines is 1. The SMILES string of the molecule is CC(C)(C)SCC(=O)Nc1ccc(-c2n[nH]c(CN)n2)cc1. The maximum atomic E-state index is 11.9. The van der Waals surface area contributed by atoms with Gasteiger partial charge < -0.3 is 11.1 Å². The second kappa shape index (κ2) is 6.93. The fraction of sp³-hybridized carbons (Fsp3) is 0.400. The zero-order valence-corrected chi connectivity index (χ0v) is 13.8. The number of aromatic amines is 1. The lowest BCUT2D eigenvalue weighted by Crippen LogP contribution is -2.18. The van der Waals surface area contributed by atoms with Gasteiger partial charge in [-0.25, -0.2) is 4.98 Å². The first-order valence-corrected chi connectivity index (χ1v) is 8.01. The van der Waals surface area contributed by atoms with Crippen molar-refractivity contribution < 1.29 is 4.79 Å². The molecular formula is C15H21N5OS. The molecule has 1 amide bonds. The normalized spacial score (nSPS) is 11.5. The highest BCUT2D eigenvalue weighted by Gasteiger charge is 2.13. The Morgan fingerprint density at radius 3 is 2.55 bits per heavy atom. The molecule has 22 heavy (non-hydrogen) atoms. The minimum atomic E-state index is -0.00372. The summed E-state index contributed by atoms with van der Waals surface area (Å²) in [6.45, 7) is 6.59. The van der Waals surface area contributed by atoms with Gasteiger partial charge in [-0.2, -0.15) is 5.10 Å². The maximum Gasteiger partial charge on any atom is 0.234 e. The van der Waals surface area contributed by atoms with Gasteiger partial charge in [-0.05, 0) is 24.3 Å². The summed E-state index contributed by atoms with van der Waals surface area (Å²) in [4.78, 5) is 16.1. The molecule has 2 aromatic rings. The Bertz CT molecular complexity index is 630. The Hall–Kier alpha value is -1.86. The summed E-state index contributed by atoms with van der Waals surface area (Å²) >= 11 is 1.62. The van der Waals surface area contributed by atoms with Crippen molar-refractivity contribution >= 4 is 23.4 Å². The molecule has 0 saturated carbocycles. The van der Waals surface area contributed by atoms with Crippen LogP contribution < -0.4 is 11.1 Å². The molecule has 1 heterocycles. The van der Waals surface area contributed by atoms with Crippen molar-refractivity contribution in [2.75, 3.05) is 11.1 Å². The summed E-state index contributed by atoms with van der Waals surface area (Å²) in [5.74, 6) is 1.68. The Kier molecular flexibility index (Phi) is 5.20. The highest BCUT2D eigenvalue weighted by molar-refractivity contribution is 8.01. The lowest BCUT2D eigenvalue weighted by molar-refractivity contribution is -0.113. The van der Waals surface area contributed by atoms with Crippen LogP contribution in [0.2, 0.25) is 0 Å². The number of nitrogens with one attached hydrogen (secondary N) is 2. The van der Waals surface area contributed by atoms with E-state index in [1.165, 1.54) is 0 Å². The van der Waals surface area contributed by atoms with Crippen LogP contribution in [-0.4, -0.2) is 31.6 Å². The largest absolute Gasteiger partial charge is 0.325 e. The van der Waals surface area contributed by atoms with Gasteiger partial charge in [0.1, 0.15) is 5.82 Å². The number of hydrogen-bond donors (Lipinski definition) is 3. The highest BCUT2D eigenvalue weighted by atomic mass is 32.2. The van der Waals surface area contributed by atoms with Crippen LogP contribution in [-0.2, 0) is 11.3 Å². The third-order valence-electron chi connectivity index (χ3n) is 2.79. The van der Waals surface area contributed by atoms with E-state index in [-0.39, 0.29) is 10.7 Å². The number of nitrogens with two attached hydrogens (primary N) is 1. The van der Waals surface area contributed by atoms with Crippen LogP contribution >= 0.6 is 11.8 Å². The maximum absolute atomic E-state index is 11.9. The van der Waals surface area contributed by atoms with Crippen LogP contribution in [0.4, 0.5) is 5.69 Å². The molecule has 1 aromatic carbocycles. The van der Waals surface area contributed by atoms with Crippen LogP contribution in [0.3, 0.4) is 0 Å². The molecule has 0 atom stereocenters. The number of nitrogens with zero attached hydrogens (tertiary/aromatic N) is 2. The van der Waals surface area contributed by atoms with Gasteiger partial charge in [0, 0.05) is 16.0 Å². The molecular weight excluding hydrogens is 298 g/mol. The smallest absolute Gasteiger partial charge is 0.234 e. The first-order chi connectivity index (χ1) is 10.4. The predicted molar refractivity (Wildman–Crippen MR) is 90.6 cm³/mol. The number of benzene rings is 1. The first kappa shape index (κ1) is 16.5. The fourth-order valence-electron chi connectivity index (χ4n) is 1.70. The van der Waals surface area contributed by atoms with Gasteiger partial charge in [0.2, 0.25) is 5.91 Å². The van der Waals surface area contributed by atoms with Crippen molar-refractivity contribution in [2.45, 2.75) is 32.1 Å². The van der Waals surface area contributed by atoms with E-state index >= 15 is 0 Å². The highest BCUT2D eigenvalue weighted by Crippen LogP contribution is 2.23. The van der Waals surface area contributed by atoms with Crippen molar-refractivity contribution in [1.29, 1.82) is 0 Å². The number of H-pyrrole nitrogens is 1. The predicted octanol–water partition coefficient (Wildman–Crippen LogP) is 2.40. The van der Waals surface area contributed by atoms with E-state index in [2.05, 4.69) is 41.3 Å². The molecule has 0 unspecified atom stereocenters. The Morgan fingerprint density at radius 1 is 1.32 bits per heavy atom. The molecule has 0 saturated heterocycles. The molecule has 4 N–H and O–H groups in total. The molecule has 118 valence electrons. The third-order valence-corrected chi connectivity index (χ3v) is 4.06. The van der Waals surface area contributed by atoms with Gasteiger partial charge >= 0.3 is 0 Å². The average molecular weight is 319 g/mol. The molecule has 0 bridgehead atoms. The Balaban J connectivity index is 1.95. The topological polar surface area (TPSA) is 96.7 Å². The zero-order valence-electron chi connectivity index (χ0n) is 13.0. The standard InChI is InChI=1S/C15H21N5OS/c1-15(2,3)22-9-13(21)17-11-6-4-10(5-7-11)14-18-12(8-16)19-20-14/h4-7H,8-9,16H2,1-3H3,(H,17,21)(H,18,19,20). The summed E-state index contributed by atoms with van der Waals surface area (Å²) in [5, 5.41) is 9.75. The van der Waals surface area contributed by atoms with Gasteiger partial charge in [-0.3, -0.25) is 9.89 Å². The van der Waals surface area contributed by atoms with E-state index < -0.39 is 0 Å². The average Bonchev–Trinajstić information content (AvgIpc) is 2.94. The molecule has 0 aliphatic carbocycles. The molecule has 2 rings (SSSR count). The Morgan fingerprint density at radius 2 is 2.00 bits per heavy atom. The van der Waals surface area contributed by atoms with Gasteiger partial charge in [0.15, 0.2) is 5.82 Å². The van der Waals surface area contributed by atoms with E-state index in [0.717, 1.165) is 11.3 Å². The van der Waals surface area contributed by atoms with E-state index in [4.69, 9.17) is 5.73 Å². The summed E-state index contributed by atoms with van der Waals surface area (Å²) in [5.41, 5.74) is 7.13. The fourth-order valence-corrected chi connectivity index (χ4v) is 2.33. The number of hydrogen-bond acceptors (Lipinski definition) is 5. The summed E-state index contributed by atoms with van der Waals surface area (Å²) < 4.78 is 0.0769. The van der Waals surface area contributed by atoms with Crippen LogP contribution in [0, 0.1) is 0 Å². The number of carbonyl (C=O) groups excluding carboxylic acids is 1. The van der Waals surface area contributed by atoms with Gasteiger partial charge in [-0.1, -0.05) is 20.8 Å². The van der Waals surface area contributed by atoms with E-state index in [9.17, 15) is 4.79 Å². The number of rotatable bonds is 5. The third kappa shape index (κ3) is 4.85. The minimum Gasteiger partial charge on any atom is -0.325 e. The van der Waals surface area contributed by atoms with Gasteiger partial charge in [0.05, 0.1) is 12.3 Å². The number of thioether (sulfide) groups is 1. The molecule has 0 aliphatic rings. The van der Waals surface area contributed by atoms with Crippen LogP contribution in [0.1, 0.15) is 26.6 Å². The van der Waals surface area contributed by atoms with Crippen LogP contribution in [0.5, 0.6) is 0 Å². The number of aromatic nitrogens is 3. The van der Waals surface area contributed by atoms with Gasteiger partial charge in [-0.15, -0.1) is 11.8 Å². The van der Waals surface area contributed by atoms with Crippen LogP contribution in [0.15, 0.2) is 24.3 Å². The Labute approximate surface area is 134 Å². The van der Waals surface area contributed by atoms with Gasteiger partial charge in [0.25, 0.3) is 0 Å². The van der Waals surface area contributed by atoms with E-state index in [0.29, 0.717) is 23.9 Å². The second-order valence-corrected chi connectivity index (χ2v) is 7.64. The summed E-state index contributed by atoms with van der Waals surface area (Å²) in [6, 6.07) is 7.42. The molecule has 0 fully saturated rings. The minimum absolute atomic E-state index is 0.00372. The second-order valence-electron chi connectivity index (χ2n) is 5.84. The molecule has 1 aromatic heterocycles. The first-order valence-electron chi connectivity index (χ1n) is 7.03. The quantitative estimate of drug-likeness (QED) is 0.786. The van der Waals surface area contributed by atoms with Crippen molar-refractivity contribution in [3.63, 3.8) is 0 Å². The number of carbonyl (C=O) groups is 1.